The van der Waals surface area contributed by atoms with Crippen molar-refractivity contribution in [2.24, 2.45) is 5.92 Å². The molecule has 1 aliphatic heterocycles. The fraction of sp³-hybridized carbons (Fsp3) is 0.300. The second-order valence-corrected chi connectivity index (χ2v) is 6.25. The Morgan fingerprint density at radius 2 is 1.85 bits per heavy atom. The smallest absolute Gasteiger partial charge is 0.260 e. The molecule has 0 unspecified atom stereocenters. The first-order chi connectivity index (χ1) is 12.6. The zero-order valence-electron chi connectivity index (χ0n) is 14.4. The molecule has 0 saturated carbocycles. The third-order valence-electron chi connectivity index (χ3n) is 4.37. The SMILES string of the molecule is O=C(Nc1ccccc1)[C@@H]1CCCN(C(=O)COc2ccccc2F)C1. The number of benzene rings is 2. The van der Waals surface area contributed by atoms with Crippen LogP contribution in [0.15, 0.2) is 54.6 Å². The van der Waals surface area contributed by atoms with Crippen molar-refractivity contribution in [3.63, 3.8) is 0 Å². The van der Waals surface area contributed by atoms with Crippen LogP contribution in [0.1, 0.15) is 12.8 Å². The van der Waals surface area contributed by atoms with Crippen molar-refractivity contribution >= 4 is 17.5 Å². The second kappa shape index (κ2) is 8.47. The van der Waals surface area contributed by atoms with Crippen LogP contribution in [-0.2, 0) is 9.59 Å². The second-order valence-electron chi connectivity index (χ2n) is 6.25. The highest BCUT2D eigenvalue weighted by Gasteiger charge is 2.28. The summed E-state index contributed by atoms with van der Waals surface area (Å²) in [4.78, 5) is 26.4. The first kappa shape index (κ1) is 17.9. The highest BCUT2D eigenvalue weighted by atomic mass is 19.1. The number of halogens is 1. The van der Waals surface area contributed by atoms with Gasteiger partial charge in [0, 0.05) is 18.8 Å². The molecule has 3 rings (SSSR count). The number of nitrogens with one attached hydrogen (secondary N) is 1. The lowest BCUT2D eigenvalue weighted by atomic mass is 9.97. The van der Waals surface area contributed by atoms with Crippen molar-refractivity contribution in [3.8, 4) is 5.75 Å². The molecule has 1 N–H and O–H groups in total. The molecule has 1 heterocycles. The minimum Gasteiger partial charge on any atom is -0.481 e. The average Bonchev–Trinajstić information content (AvgIpc) is 2.68. The fourth-order valence-electron chi connectivity index (χ4n) is 2.98. The number of para-hydroxylation sites is 2. The van der Waals surface area contributed by atoms with Crippen molar-refractivity contribution < 1.29 is 18.7 Å². The number of hydrogen-bond acceptors (Lipinski definition) is 3. The molecule has 136 valence electrons. The molecule has 0 bridgehead atoms. The van der Waals surface area contributed by atoms with Gasteiger partial charge in [-0.15, -0.1) is 0 Å². The number of hydrogen-bond donors (Lipinski definition) is 1. The minimum atomic E-state index is -0.501. The Morgan fingerprint density at radius 1 is 1.12 bits per heavy atom. The van der Waals surface area contributed by atoms with Gasteiger partial charge in [0.1, 0.15) is 0 Å². The van der Waals surface area contributed by atoms with Gasteiger partial charge in [-0.25, -0.2) is 4.39 Å². The number of nitrogens with zero attached hydrogens (tertiary/aromatic N) is 1. The van der Waals surface area contributed by atoms with Crippen LogP contribution in [0.3, 0.4) is 0 Å². The minimum absolute atomic E-state index is 0.0521. The Morgan fingerprint density at radius 3 is 2.62 bits per heavy atom. The van der Waals surface area contributed by atoms with Crippen LogP contribution in [0, 0.1) is 11.7 Å². The third-order valence-corrected chi connectivity index (χ3v) is 4.37. The van der Waals surface area contributed by atoms with Gasteiger partial charge in [0.2, 0.25) is 5.91 Å². The lowest BCUT2D eigenvalue weighted by Crippen LogP contribution is -2.45. The van der Waals surface area contributed by atoms with Crippen molar-refractivity contribution in [1.82, 2.24) is 4.90 Å². The fourth-order valence-corrected chi connectivity index (χ4v) is 2.98. The summed E-state index contributed by atoms with van der Waals surface area (Å²) < 4.78 is 18.8. The predicted octanol–water partition coefficient (Wildman–Crippen LogP) is 3.08. The Balaban J connectivity index is 1.53. The Kier molecular flexibility index (Phi) is 5.84. The molecule has 2 amide bonds. The molecule has 1 aliphatic rings. The molecule has 2 aromatic carbocycles. The highest BCUT2D eigenvalue weighted by molar-refractivity contribution is 5.93. The van der Waals surface area contributed by atoms with Crippen LogP contribution in [0.25, 0.3) is 0 Å². The van der Waals surface area contributed by atoms with E-state index in [2.05, 4.69) is 5.32 Å². The summed E-state index contributed by atoms with van der Waals surface area (Å²) >= 11 is 0. The summed E-state index contributed by atoms with van der Waals surface area (Å²) in [6.45, 7) is 0.681. The molecular weight excluding hydrogens is 335 g/mol. The molecule has 0 radical (unpaired) electrons. The van der Waals surface area contributed by atoms with E-state index in [-0.39, 0.29) is 30.1 Å². The summed E-state index contributed by atoms with van der Waals surface area (Å²) in [5, 5.41) is 2.88. The third kappa shape index (κ3) is 4.59. The Labute approximate surface area is 151 Å². The standard InChI is InChI=1S/C20H21FN2O3/c21-17-10-4-5-11-18(17)26-14-19(24)23-12-6-7-15(13-23)20(25)22-16-8-2-1-3-9-16/h1-5,8-11,15H,6-7,12-14H2,(H,22,25)/t15-/m1/s1. The molecule has 6 heteroatoms. The zero-order valence-corrected chi connectivity index (χ0v) is 14.4. The first-order valence-electron chi connectivity index (χ1n) is 8.64. The number of carbonyl (C=O) groups excluding carboxylic acids is 2. The summed E-state index contributed by atoms with van der Waals surface area (Å²) in [5.74, 6) is -1.05. The van der Waals surface area contributed by atoms with Crippen LogP contribution in [0.4, 0.5) is 10.1 Å². The van der Waals surface area contributed by atoms with Gasteiger partial charge in [0.15, 0.2) is 18.2 Å². The molecule has 1 saturated heterocycles. The molecule has 26 heavy (non-hydrogen) atoms. The number of rotatable bonds is 5. The maximum atomic E-state index is 13.6. The van der Waals surface area contributed by atoms with Gasteiger partial charge < -0.3 is 15.0 Å². The highest BCUT2D eigenvalue weighted by Crippen LogP contribution is 2.20. The molecule has 0 aliphatic carbocycles. The molecular formula is C20H21FN2O3. The van der Waals surface area contributed by atoms with E-state index in [4.69, 9.17) is 4.74 Å². The monoisotopic (exact) mass is 356 g/mol. The molecule has 2 aromatic rings. The van der Waals surface area contributed by atoms with Crippen LogP contribution in [-0.4, -0.2) is 36.4 Å². The van der Waals surface area contributed by atoms with E-state index >= 15 is 0 Å². The number of likely N-dealkylation sites (tertiary alicyclic amines) is 1. The van der Waals surface area contributed by atoms with Gasteiger partial charge >= 0.3 is 0 Å². The van der Waals surface area contributed by atoms with Crippen LogP contribution >= 0.6 is 0 Å². The number of carbonyl (C=O) groups is 2. The first-order valence-corrected chi connectivity index (χ1v) is 8.64. The van der Waals surface area contributed by atoms with Crippen LogP contribution in [0.2, 0.25) is 0 Å². The van der Waals surface area contributed by atoms with Gasteiger partial charge in [-0.2, -0.15) is 0 Å². The van der Waals surface area contributed by atoms with E-state index in [1.165, 1.54) is 12.1 Å². The van der Waals surface area contributed by atoms with Crippen molar-refractivity contribution in [3.05, 3.63) is 60.4 Å². The Hall–Kier alpha value is -2.89. The number of anilines is 1. The quantitative estimate of drug-likeness (QED) is 0.896. The predicted molar refractivity (Wildman–Crippen MR) is 96.3 cm³/mol. The Bertz CT molecular complexity index is 767. The van der Waals surface area contributed by atoms with Crippen LogP contribution in [0.5, 0.6) is 5.75 Å². The number of ether oxygens (including phenoxy) is 1. The maximum Gasteiger partial charge on any atom is 0.260 e. The molecule has 1 atom stereocenters. The van der Waals surface area contributed by atoms with E-state index in [0.29, 0.717) is 13.1 Å². The van der Waals surface area contributed by atoms with E-state index in [1.54, 1.807) is 17.0 Å². The van der Waals surface area contributed by atoms with Crippen molar-refractivity contribution in [2.75, 3.05) is 25.0 Å². The van der Waals surface area contributed by atoms with E-state index in [0.717, 1.165) is 18.5 Å². The molecule has 1 fully saturated rings. The largest absolute Gasteiger partial charge is 0.481 e. The van der Waals surface area contributed by atoms with Gasteiger partial charge in [0.05, 0.1) is 5.92 Å². The van der Waals surface area contributed by atoms with E-state index in [9.17, 15) is 14.0 Å². The molecule has 0 spiro atoms. The molecule has 5 nitrogen and oxygen atoms in total. The summed E-state index contributed by atoms with van der Waals surface area (Å²) in [5.41, 5.74) is 0.740. The van der Waals surface area contributed by atoms with E-state index < -0.39 is 5.82 Å². The number of piperidine rings is 1. The van der Waals surface area contributed by atoms with Gasteiger partial charge in [0.25, 0.3) is 5.91 Å². The van der Waals surface area contributed by atoms with Crippen molar-refractivity contribution in [2.45, 2.75) is 12.8 Å². The summed E-state index contributed by atoms with van der Waals surface area (Å²) in [6, 6.07) is 15.2. The van der Waals surface area contributed by atoms with E-state index in [1.807, 2.05) is 30.3 Å². The lowest BCUT2D eigenvalue weighted by Gasteiger charge is -2.32. The van der Waals surface area contributed by atoms with Crippen LogP contribution < -0.4 is 10.1 Å². The van der Waals surface area contributed by atoms with Gasteiger partial charge in [-0.1, -0.05) is 30.3 Å². The van der Waals surface area contributed by atoms with Gasteiger partial charge in [-0.3, -0.25) is 9.59 Å². The average molecular weight is 356 g/mol. The van der Waals surface area contributed by atoms with Crippen molar-refractivity contribution in [1.29, 1.82) is 0 Å². The maximum absolute atomic E-state index is 13.6. The molecule has 0 aromatic heterocycles. The topological polar surface area (TPSA) is 58.6 Å². The van der Waals surface area contributed by atoms with Gasteiger partial charge in [-0.05, 0) is 37.1 Å². The normalized spacial score (nSPS) is 16.8. The lowest BCUT2D eigenvalue weighted by molar-refractivity contribution is -0.136. The summed E-state index contributed by atoms with van der Waals surface area (Å²) in [6.07, 6.45) is 1.48. The zero-order chi connectivity index (χ0) is 18.4. The number of amides is 2. The summed E-state index contributed by atoms with van der Waals surface area (Å²) in [7, 11) is 0.